The molecule has 2 heterocycles. The summed E-state index contributed by atoms with van der Waals surface area (Å²) < 4.78 is 40.4. The largest absolute Gasteiger partial charge is 0.506 e. The molecule has 0 aromatic heterocycles. The third-order valence-electron chi connectivity index (χ3n) is 4.42. The Kier molecular flexibility index (Phi) is 4.39. The Morgan fingerprint density at radius 1 is 1.42 bits per heavy atom. The Bertz CT molecular complexity index is 745. The number of rotatable bonds is 3. The Hall–Kier alpha value is -1.87. The number of hydrogen-bond acceptors (Lipinski definition) is 5. The summed E-state index contributed by atoms with van der Waals surface area (Å²) in [5.74, 6) is -1.72. The van der Waals surface area contributed by atoms with Crippen molar-refractivity contribution in [2.45, 2.75) is 19.3 Å². The molecule has 132 valence electrons. The first-order valence-electron chi connectivity index (χ1n) is 7.79. The fourth-order valence-electron chi connectivity index (χ4n) is 3.42. The van der Waals surface area contributed by atoms with Gasteiger partial charge in [-0.25, -0.2) is 13.4 Å². The van der Waals surface area contributed by atoms with Gasteiger partial charge < -0.3 is 10.0 Å². The van der Waals surface area contributed by atoms with Gasteiger partial charge >= 0.3 is 10.2 Å². The summed E-state index contributed by atoms with van der Waals surface area (Å²) in [4.78, 5) is 13.5. The Balaban J connectivity index is 1.85. The maximum Gasteiger partial charge on any atom is 0.326 e. The molecule has 2 N–H and O–H groups in total. The van der Waals surface area contributed by atoms with Crippen molar-refractivity contribution in [3.63, 3.8) is 0 Å². The number of benzene rings is 1. The molecule has 24 heavy (non-hydrogen) atoms. The van der Waals surface area contributed by atoms with E-state index in [1.165, 1.54) is 12.1 Å². The molecular weight excluding hydrogens is 337 g/mol. The zero-order valence-corrected chi connectivity index (χ0v) is 14.1. The van der Waals surface area contributed by atoms with Gasteiger partial charge in [-0.2, -0.15) is 8.42 Å². The Morgan fingerprint density at radius 2 is 2.17 bits per heavy atom. The number of phenols is 1. The van der Waals surface area contributed by atoms with E-state index < -0.39 is 39.9 Å². The third kappa shape index (κ3) is 3.32. The van der Waals surface area contributed by atoms with Crippen LogP contribution < -0.4 is 9.03 Å². The smallest absolute Gasteiger partial charge is 0.326 e. The van der Waals surface area contributed by atoms with Crippen LogP contribution in [0, 0.1) is 11.7 Å². The van der Waals surface area contributed by atoms with Crippen LogP contribution in [0.1, 0.15) is 18.4 Å². The zero-order valence-electron chi connectivity index (χ0n) is 13.3. The molecule has 0 saturated carbocycles. The summed E-state index contributed by atoms with van der Waals surface area (Å²) in [6.45, 7) is 1.41. The van der Waals surface area contributed by atoms with Crippen molar-refractivity contribution in [2.75, 3.05) is 31.0 Å². The molecule has 2 aliphatic heterocycles. The van der Waals surface area contributed by atoms with E-state index in [1.807, 2.05) is 7.05 Å². The fourth-order valence-corrected chi connectivity index (χ4v) is 4.59. The highest BCUT2D eigenvalue weighted by molar-refractivity contribution is 7.92. The minimum absolute atomic E-state index is 0.368. The second-order valence-corrected chi connectivity index (χ2v) is 8.05. The number of piperidine rings is 1. The number of halogens is 1. The highest BCUT2D eigenvalue weighted by Crippen LogP contribution is 2.35. The summed E-state index contributed by atoms with van der Waals surface area (Å²) >= 11 is 0. The highest BCUT2D eigenvalue weighted by atomic mass is 32.2. The quantitative estimate of drug-likeness (QED) is 0.827. The molecule has 2 aliphatic rings. The van der Waals surface area contributed by atoms with E-state index in [9.17, 15) is 22.7 Å². The number of phenolic OH excluding ortho intramolecular Hbond substituents is 1. The lowest BCUT2D eigenvalue weighted by atomic mass is 9.91. The zero-order chi connectivity index (χ0) is 17.5. The van der Waals surface area contributed by atoms with E-state index in [0.29, 0.717) is 22.2 Å². The Labute approximate surface area is 140 Å². The van der Waals surface area contributed by atoms with Gasteiger partial charge in [0.25, 0.3) is 5.91 Å². The predicted octanol–water partition coefficient (Wildman–Crippen LogP) is 0.597. The molecule has 1 atom stereocenters. The first kappa shape index (κ1) is 17.0. The highest BCUT2D eigenvalue weighted by Gasteiger charge is 2.37. The predicted molar refractivity (Wildman–Crippen MR) is 86.4 cm³/mol. The van der Waals surface area contributed by atoms with E-state index in [2.05, 4.69) is 4.90 Å². The first-order chi connectivity index (χ1) is 11.3. The molecular formula is C15H20FN3O4S. The molecule has 2 fully saturated rings. The lowest BCUT2D eigenvalue weighted by molar-refractivity contribution is -0.117. The average Bonchev–Trinajstić information content (AvgIpc) is 2.71. The van der Waals surface area contributed by atoms with Gasteiger partial charge in [0, 0.05) is 6.54 Å². The van der Waals surface area contributed by atoms with Gasteiger partial charge in [-0.05, 0) is 56.5 Å². The number of anilines is 1. The molecule has 0 radical (unpaired) electrons. The summed E-state index contributed by atoms with van der Waals surface area (Å²) in [6.07, 6.45) is 2.72. The number of nitrogens with one attached hydrogen (secondary N) is 1. The normalized spacial score (nSPS) is 24.2. The van der Waals surface area contributed by atoms with Gasteiger partial charge in [-0.3, -0.25) is 4.79 Å². The molecule has 1 aromatic carbocycles. The molecule has 1 amide bonds. The minimum atomic E-state index is -4.15. The summed E-state index contributed by atoms with van der Waals surface area (Å²) in [5.41, 5.74) is 0.128. The van der Waals surface area contributed by atoms with E-state index in [4.69, 9.17) is 0 Å². The number of likely N-dealkylation sites (tertiary alicyclic amines) is 1. The van der Waals surface area contributed by atoms with E-state index in [1.54, 1.807) is 4.72 Å². The minimum Gasteiger partial charge on any atom is -0.506 e. The summed E-state index contributed by atoms with van der Waals surface area (Å²) in [7, 11) is -2.12. The SMILES string of the molecule is CN1CCCC(Cc2cc(O)c(N3CC(=O)NS3(=O)=O)c(F)c2)C1. The maximum atomic E-state index is 14.4. The van der Waals surface area contributed by atoms with Crippen LogP contribution in [-0.4, -0.2) is 51.0 Å². The molecule has 7 nitrogen and oxygen atoms in total. The van der Waals surface area contributed by atoms with Crippen LogP contribution in [0.4, 0.5) is 10.1 Å². The lowest BCUT2D eigenvalue weighted by Crippen LogP contribution is -2.33. The summed E-state index contributed by atoms with van der Waals surface area (Å²) in [6, 6.07) is 2.62. The van der Waals surface area contributed by atoms with Crippen LogP contribution in [-0.2, 0) is 21.4 Å². The molecule has 9 heteroatoms. The average molecular weight is 357 g/mol. The molecule has 0 spiro atoms. The molecule has 0 bridgehead atoms. The van der Waals surface area contributed by atoms with Crippen LogP contribution >= 0.6 is 0 Å². The van der Waals surface area contributed by atoms with Gasteiger partial charge in [-0.1, -0.05) is 0 Å². The van der Waals surface area contributed by atoms with Crippen molar-refractivity contribution >= 4 is 21.8 Å². The van der Waals surface area contributed by atoms with Crippen molar-refractivity contribution in [3.8, 4) is 5.75 Å². The number of amides is 1. The number of aromatic hydroxyl groups is 1. The van der Waals surface area contributed by atoms with Gasteiger partial charge in [0.2, 0.25) is 0 Å². The van der Waals surface area contributed by atoms with Crippen molar-refractivity contribution in [2.24, 2.45) is 5.92 Å². The van der Waals surface area contributed by atoms with Crippen LogP contribution in [0.2, 0.25) is 0 Å². The second kappa shape index (κ2) is 6.21. The molecule has 3 rings (SSSR count). The summed E-state index contributed by atoms with van der Waals surface area (Å²) in [5, 5.41) is 10.1. The van der Waals surface area contributed by atoms with Gasteiger partial charge in [0.1, 0.15) is 18.0 Å². The van der Waals surface area contributed by atoms with Crippen molar-refractivity contribution in [3.05, 3.63) is 23.5 Å². The van der Waals surface area contributed by atoms with Crippen molar-refractivity contribution in [1.29, 1.82) is 0 Å². The lowest BCUT2D eigenvalue weighted by Gasteiger charge is -2.29. The number of carbonyl (C=O) groups excluding carboxylic acids is 1. The van der Waals surface area contributed by atoms with E-state index in [-0.39, 0.29) is 0 Å². The standard InChI is InChI=1S/C15H20FN3O4S/c1-18-4-2-3-10(8-18)5-11-6-12(16)15(13(20)7-11)19-9-14(21)17-24(19,22)23/h6-7,10,20H,2-5,8-9H2,1H3,(H,17,21). The second-order valence-electron chi connectivity index (χ2n) is 6.46. The van der Waals surface area contributed by atoms with Gasteiger partial charge in [0.05, 0.1) is 0 Å². The van der Waals surface area contributed by atoms with Gasteiger partial charge in [0.15, 0.2) is 5.82 Å². The Morgan fingerprint density at radius 3 is 2.75 bits per heavy atom. The maximum absolute atomic E-state index is 14.4. The number of nitrogens with zero attached hydrogens (tertiary/aromatic N) is 2. The van der Waals surface area contributed by atoms with Crippen LogP contribution in [0.25, 0.3) is 0 Å². The van der Waals surface area contributed by atoms with Crippen molar-refractivity contribution in [1.82, 2.24) is 9.62 Å². The van der Waals surface area contributed by atoms with Crippen molar-refractivity contribution < 1.29 is 22.7 Å². The molecule has 0 aliphatic carbocycles. The van der Waals surface area contributed by atoms with Crippen LogP contribution in [0.15, 0.2) is 12.1 Å². The first-order valence-corrected chi connectivity index (χ1v) is 9.23. The number of hydrogen-bond donors (Lipinski definition) is 2. The molecule has 1 aromatic rings. The van der Waals surface area contributed by atoms with Gasteiger partial charge in [-0.15, -0.1) is 0 Å². The fraction of sp³-hybridized carbons (Fsp3) is 0.533. The third-order valence-corrected chi connectivity index (χ3v) is 5.80. The molecule has 1 unspecified atom stereocenters. The molecule has 2 saturated heterocycles. The van der Waals surface area contributed by atoms with Crippen LogP contribution in [0.3, 0.4) is 0 Å². The van der Waals surface area contributed by atoms with Crippen LogP contribution in [0.5, 0.6) is 5.75 Å². The number of carbonyl (C=O) groups is 1. The van der Waals surface area contributed by atoms with E-state index in [0.717, 1.165) is 25.9 Å². The topological polar surface area (TPSA) is 89.9 Å². The van der Waals surface area contributed by atoms with E-state index >= 15 is 0 Å². The monoisotopic (exact) mass is 357 g/mol.